The number of aliphatic hydroxyl groups is 1. The lowest BCUT2D eigenvalue weighted by molar-refractivity contribution is -0.136. The molecule has 2 nitrogen and oxygen atoms in total. The number of hydrogen-bond donors (Lipinski definition) is 2. The largest absolute Gasteiger partial charge is 0.418 e. The monoisotopic (exact) mass is 337 g/mol. The minimum atomic E-state index is -4.45. The summed E-state index contributed by atoms with van der Waals surface area (Å²) in [5.41, 5.74) is 0.679. The maximum atomic E-state index is 13.1. The fourth-order valence-electron chi connectivity index (χ4n) is 3.03. The molecular weight excluding hydrogens is 322 g/mol. The van der Waals surface area contributed by atoms with E-state index in [0.29, 0.717) is 17.4 Å². The number of benzene rings is 2. The van der Waals surface area contributed by atoms with Crippen LogP contribution in [0.15, 0.2) is 48.7 Å². The number of halogens is 4. The highest BCUT2D eigenvalue weighted by atomic mass is 19.4. The number of fused-ring (bicyclic) bond motifs is 1. The van der Waals surface area contributed by atoms with Gasteiger partial charge in [-0.25, -0.2) is 4.39 Å². The smallest absolute Gasteiger partial charge is 0.396 e. The normalized spacial score (nSPS) is 13.4. The van der Waals surface area contributed by atoms with Gasteiger partial charge < -0.3 is 10.1 Å². The molecule has 3 rings (SSSR count). The molecule has 0 aliphatic carbocycles. The first-order valence-corrected chi connectivity index (χ1v) is 7.45. The van der Waals surface area contributed by atoms with Gasteiger partial charge in [0, 0.05) is 24.1 Å². The molecule has 0 aliphatic rings. The van der Waals surface area contributed by atoms with Gasteiger partial charge in [-0.3, -0.25) is 0 Å². The Balaban J connectivity index is 2.14. The second-order valence-corrected chi connectivity index (χ2v) is 5.59. The molecule has 1 aromatic heterocycles. The second kappa shape index (κ2) is 6.28. The molecular formula is C18H15F4NO. The summed E-state index contributed by atoms with van der Waals surface area (Å²) in [6.07, 6.45) is -2.59. The minimum Gasteiger partial charge on any atom is -0.396 e. The standard InChI is InChI=1S/C18H15F4NO/c19-12-6-4-11(5-7-12)13(8-9-24)15-10-23-17-14(15)2-1-3-16(17)18(20,21)22/h1-7,10,13,23-24H,8-9H2. The topological polar surface area (TPSA) is 36.0 Å². The van der Waals surface area contributed by atoms with Crippen molar-refractivity contribution in [3.8, 4) is 0 Å². The summed E-state index contributed by atoms with van der Waals surface area (Å²) in [4.78, 5) is 2.71. The Hall–Kier alpha value is -2.34. The van der Waals surface area contributed by atoms with E-state index in [0.717, 1.165) is 11.6 Å². The van der Waals surface area contributed by atoms with Crippen molar-refractivity contribution < 1.29 is 22.7 Å². The first-order valence-electron chi connectivity index (χ1n) is 7.45. The van der Waals surface area contributed by atoms with E-state index in [4.69, 9.17) is 0 Å². The van der Waals surface area contributed by atoms with E-state index in [1.54, 1.807) is 18.2 Å². The van der Waals surface area contributed by atoms with Gasteiger partial charge in [-0.1, -0.05) is 24.3 Å². The Morgan fingerprint density at radius 1 is 1.04 bits per heavy atom. The summed E-state index contributed by atoms with van der Waals surface area (Å²) in [6, 6.07) is 9.78. The van der Waals surface area contributed by atoms with Gasteiger partial charge in [-0.05, 0) is 35.7 Å². The highest BCUT2D eigenvalue weighted by molar-refractivity contribution is 5.87. The van der Waals surface area contributed by atoms with E-state index < -0.39 is 11.7 Å². The molecule has 0 bridgehead atoms. The van der Waals surface area contributed by atoms with Crippen LogP contribution in [-0.2, 0) is 6.18 Å². The minimum absolute atomic E-state index is 0.0186. The van der Waals surface area contributed by atoms with Gasteiger partial charge in [0.15, 0.2) is 0 Å². The Morgan fingerprint density at radius 2 is 1.75 bits per heavy atom. The van der Waals surface area contributed by atoms with E-state index in [-0.39, 0.29) is 23.9 Å². The highest BCUT2D eigenvalue weighted by Crippen LogP contribution is 2.39. The Morgan fingerprint density at radius 3 is 2.38 bits per heavy atom. The fraction of sp³-hybridized carbons (Fsp3) is 0.222. The van der Waals surface area contributed by atoms with Crippen molar-refractivity contribution in [1.29, 1.82) is 0 Å². The van der Waals surface area contributed by atoms with Gasteiger partial charge in [0.25, 0.3) is 0 Å². The van der Waals surface area contributed by atoms with E-state index in [1.165, 1.54) is 24.4 Å². The van der Waals surface area contributed by atoms with Crippen LogP contribution in [0.25, 0.3) is 10.9 Å². The zero-order valence-corrected chi connectivity index (χ0v) is 12.6. The number of rotatable bonds is 4. The number of aromatic nitrogens is 1. The molecule has 0 radical (unpaired) electrons. The lowest BCUT2D eigenvalue weighted by Crippen LogP contribution is -2.06. The average Bonchev–Trinajstić information content (AvgIpc) is 2.96. The zero-order valence-electron chi connectivity index (χ0n) is 12.6. The van der Waals surface area contributed by atoms with Crippen LogP contribution in [0.5, 0.6) is 0 Å². The molecule has 1 heterocycles. The lowest BCUT2D eigenvalue weighted by Gasteiger charge is -2.16. The summed E-state index contributed by atoms with van der Waals surface area (Å²) >= 11 is 0. The number of H-pyrrole nitrogens is 1. The summed E-state index contributed by atoms with van der Waals surface area (Å²) in [6.45, 7) is -0.131. The van der Waals surface area contributed by atoms with Crippen LogP contribution in [0.4, 0.5) is 17.6 Å². The predicted octanol–water partition coefficient (Wildman–Crippen LogP) is 4.84. The summed E-state index contributed by atoms with van der Waals surface area (Å²) in [5.74, 6) is -0.715. The number of aliphatic hydroxyl groups excluding tert-OH is 1. The van der Waals surface area contributed by atoms with Crippen molar-refractivity contribution in [2.45, 2.75) is 18.5 Å². The number of alkyl halides is 3. The average molecular weight is 337 g/mol. The molecule has 2 N–H and O–H groups in total. The van der Waals surface area contributed by atoms with Gasteiger partial charge in [0.05, 0.1) is 11.1 Å². The van der Waals surface area contributed by atoms with Crippen LogP contribution in [0, 0.1) is 5.82 Å². The Labute approximate surface area is 135 Å². The molecule has 24 heavy (non-hydrogen) atoms. The third-order valence-corrected chi connectivity index (χ3v) is 4.12. The van der Waals surface area contributed by atoms with Crippen LogP contribution < -0.4 is 0 Å². The summed E-state index contributed by atoms with van der Waals surface area (Å²) < 4.78 is 52.6. The van der Waals surface area contributed by atoms with Crippen LogP contribution in [0.1, 0.15) is 29.0 Å². The van der Waals surface area contributed by atoms with Gasteiger partial charge in [-0.2, -0.15) is 13.2 Å². The van der Waals surface area contributed by atoms with E-state index in [1.807, 2.05) is 0 Å². The predicted molar refractivity (Wildman–Crippen MR) is 83.2 cm³/mol. The molecule has 0 saturated heterocycles. The molecule has 6 heteroatoms. The quantitative estimate of drug-likeness (QED) is 0.657. The Bertz CT molecular complexity index is 836. The lowest BCUT2D eigenvalue weighted by atomic mass is 9.88. The summed E-state index contributed by atoms with van der Waals surface area (Å²) in [5, 5.41) is 9.79. The molecule has 1 unspecified atom stereocenters. The van der Waals surface area contributed by atoms with Crippen molar-refractivity contribution in [1.82, 2.24) is 4.98 Å². The van der Waals surface area contributed by atoms with Crippen molar-refractivity contribution >= 4 is 10.9 Å². The number of nitrogens with one attached hydrogen (secondary N) is 1. The van der Waals surface area contributed by atoms with Crippen molar-refractivity contribution in [3.05, 3.63) is 71.2 Å². The van der Waals surface area contributed by atoms with Crippen molar-refractivity contribution in [3.63, 3.8) is 0 Å². The Kier molecular flexibility index (Phi) is 4.32. The van der Waals surface area contributed by atoms with Gasteiger partial charge in [-0.15, -0.1) is 0 Å². The molecule has 0 fully saturated rings. The molecule has 3 aromatic rings. The fourth-order valence-corrected chi connectivity index (χ4v) is 3.03. The van der Waals surface area contributed by atoms with Crippen LogP contribution in [-0.4, -0.2) is 16.7 Å². The number of aromatic amines is 1. The molecule has 126 valence electrons. The maximum Gasteiger partial charge on any atom is 0.418 e. The van der Waals surface area contributed by atoms with Gasteiger partial charge in [0.1, 0.15) is 5.82 Å². The van der Waals surface area contributed by atoms with E-state index >= 15 is 0 Å². The van der Waals surface area contributed by atoms with Crippen LogP contribution >= 0.6 is 0 Å². The first-order chi connectivity index (χ1) is 11.4. The molecule has 0 amide bonds. The molecule has 0 aliphatic heterocycles. The summed E-state index contributed by atoms with van der Waals surface area (Å²) in [7, 11) is 0. The van der Waals surface area contributed by atoms with Crippen molar-refractivity contribution in [2.75, 3.05) is 6.61 Å². The third-order valence-electron chi connectivity index (χ3n) is 4.12. The molecule has 0 saturated carbocycles. The highest BCUT2D eigenvalue weighted by Gasteiger charge is 2.33. The molecule has 1 atom stereocenters. The number of hydrogen-bond acceptors (Lipinski definition) is 1. The first kappa shape index (κ1) is 16.5. The maximum absolute atomic E-state index is 13.1. The second-order valence-electron chi connectivity index (χ2n) is 5.59. The zero-order chi connectivity index (χ0) is 17.3. The SMILES string of the molecule is OCCC(c1ccc(F)cc1)c1c[nH]c2c(C(F)(F)F)cccc12. The van der Waals surface area contributed by atoms with Gasteiger partial charge >= 0.3 is 6.18 Å². The molecule has 2 aromatic carbocycles. The van der Waals surface area contributed by atoms with Crippen molar-refractivity contribution in [2.24, 2.45) is 0 Å². The van der Waals surface area contributed by atoms with Crippen LogP contribution in [0.2, 0.25) is 0 Å². The van der Waals surface area contributed by atoms with Crippen LogP contribution in [0.3, 0.4) is 0 Å². The molecule has 0 spiro atoms. The number of para-hydroxylation sites is 1. The third kappa shape index (κ3) is 3.01. The van der Waals surface area contributed by atoms with E-state index in [2.05, 4.69) is 4.98 Å². The van der Waals surface area contributed by atoms with E-state index in [9.17, 15) is 22.7 Å². The van der Waals surface area contributed by atoms with Gasteiger partial charge in [0.2, 0.25) is 0 Å².